The summed E-state index contributed by atoms with van der Waals surface area (Å²) in [5.74, 6) is 0.204. The number of hydrogen-bond acceptors (Lipinski definition) is 5. The summed E-state index contributed by atoms with van der Waals surface area (Å²) in [4.78, 5) is 17.9. The van der Waals surface area contributed by atoms with Gasteiger partial charge in [-0.3, -0.25) is 9.36 Å². The third-order valence-corrected chi connectivity index (χ3v) is 5.82. The lowest BCUT2D eigenvalue weighted by atomic mass is 10.1. The van der Waals surface area contributed by atoms with E-state index in [0.29, 0.717) is 16.4 Å². The van der Waals surface area contributed by atoms with Gasteiger partial charge in [0.1, 0.15) is 16.9 Å². The number of para-hydroxylation sites is 1. The standard InChI is InChI=1S/C24H15F3N4OS/c1-14-9-10-15(22-21(14)29-33-30-22)11-12-20-28-19-8-3-2-7-18(19)23(32)31(20)17-6-4-5-16(13-17)24(25,26)27/h2-13H,1H3/b12-11+. The topological polar surface area (TPSA) is 60.7 Å². The van der Waals surface area contributed by atoms with Gasteiger partial charge < -0.3 is 0 Å². The van der Waals surface area contributed by atoms with Crippen LogP contribution in [0.1, 0.15) is 22.5 Å². The van der Waals surface area contributed by atoms with Crippen LogP contribution in [0.25, 0.3) is 39.8 Å². The highest BCUT2D eigenvalue weighted by atomic mass is 32.1. The molecule has 0 unspecified atom stereocenters. The molecule has 3 aromatic carbocycles. The van der Waals surface area contributed by atoms with Crippen molar-refractivity contribution in [2.45, 2.75) is 13.1 Å². The van der Waals surface area contributed by atoms with Crippen LogP contribution >= 0.6 is 11.7 Å². The molecule has 5 nitrogen and oxygen atoms in total. The number of alkyl halides is 3. The van der Waals surface area contributed by atoms with Crippen LogP contribution in [0.15, 0.2) is 65.5 Å². The molecule has 0 fully saturated rings. The van der Waals surface area contributed by atoms with Gasteiger partial charge in [0.2, 0.25) is 0 Å². The molecule has 2 heterocycles. The molecule has 0 saturated carbocycles. The van der Waals surface area contributed by atoms with Crippen molar-refractivity contribution in [3.8, 4) is 5.69 Å². The third kappa shape index (κ3) is 3.80. The van der Waals surface area contributed by atoms with E-state index in [1.165, 1.54) is 16.7 Å². The lowest BCUT2D eigenvalue weighted by Gasteiger charge is -2.14. The van der Waals surface area contributed by atoms with Crippen molar-refractivity contribution in [1.29, 1.82) is 0 Å². The SMILES string of the molecule is Cc1ccc(/C=C/c2nc3ccccc3c(=O)n2-c2cccc(C(F)(F)F)c2)c2nsnc12. The monoisotopic (exact) mass is 464 g/mol. The summed E-state index contributed by atoms with van der Waals surface area (Å²) in [6.07, 6.45) is -1.19. The number of halogens is 3. The summed E-state index contributed by atoms with van der Waals surface area (Å²) in [5.41, 5.74) is 2.48. The minimum atomic E-state index is -4.54. The summed E-state index contributed by atoms with van der Waals surface area (Å²) in [6, 6.07) is 15.2. The smallest absolute Gasteiger partial charge is 0.268 e. The molecule has 0 aliphatic carbocycles. The Kier molecular flexibility index (Phi) is 5.05. The third-order valence-electron chi connectivity index (χ3n) is 5.29. The van der Waals surface area contributed by atoms with Gasteiger partial charge >= 0.3 is 6.18 Å². The number of aryl methyl sites for hydroxylation is 1. The fraction of sp³-hybridized carbons (Fsp3) is 0.0833. The van der Waals surface area contributed by atoms with Crippen molar-refractivity contribution in [3.05, 3.63) is 93.5 Å². The first kappa shape index (κ1) is 21.0. The maximum Gasteiger partial charge on any atom is 0.416 e. The van der Waals surface area contributed by atoms with Gasteiger partial charge in [0.25, 0.3) is 5.56 Å². The predicted molar refractivity (Wildman–Crippen MR) is 123 cm³/mol. The van der Waals surface area contributed by atoms with Crippen molar-refractivity contribution < 1.29 is 13.2 Å². The molecule has 5 aromatic rings. The van der Waals surface area contributed by atoms with Crippen LogP contribution in [0.4, 0.5) is 13.2 Å². The molecule has 9 heteroatoms. The molecule has 0 aliphatic heterocycles. The quantitative estimate of drug-likeness (QED) is 0.334. The van der Waals surface area contributed by atoms with Crippen LogP contribution in [-0.2, 0) is 6.18 Å². The summed E-state index contributed by atoms with van der Waals surface area (Å²) < 4.78 is 49.8. The normalized spacial score (nSPS) is 12.2. The number of nitrogens with zero attached hydrogens (tertiary/aromatic N) is 4. The Hall–Kier alpha value is -3.85. The number of hydrogen-bond donors (Lipinski definition) is 0. The fourth-order valence-corrected chi connectivity index (χ4v) is 4.27. The van der Waals surface area contributed by atoms with Crippen molar-refractivity contribution in [1.82, 2.24) is 18.3 Å². The van der Waals surface area contributed by atoms with E-state index in [2.05, 4.69) is 13.7 Å². The molecule has 2 aromatic heterocycles. The highest BCUT2D eigenvalue weighted by molar-refractivity contribution is 7.00. The van der Waals surface area contributed by atoms with Crippen LogP contribution in [0.3, 0.4) is 0 Å². The summed E-state index contributed by atoms with van der Waals surface area (Å²) >= 11 is 1.10. The van der Waals surface area contributed by atoms with Gasteiger partial charge in [-0.15, -0.1) is 0 Å². The largest absolute Gasteiger partial charge is 0.416 e. The molecule has 0 atom stereocenters. The second-order valence-electron chi connectivity index (χ2n) is 7.44. The van der Waals surface area contributed by atoms with Gasteiger partial charge in [0.05, 0.1) is 33.9 Å². The Balaban J connectivity index is 1.73. The first-order valence-electron chi connectivity index (χ1n) is 9.92. The van der Waals surface area contributed by atoms with Gasteiger partial charge in [-0.25, -0.2) is 4.98 Å². The maximum absolute atomic E-state index is 13.3. The second kappa shape index (κ2) is 7.93. The van der Waals surface area contributed by atoms with Gasteiger partial charge in [0, 0.05) is 5.56 Å². The van der Waals surface area contributed by atoms with E-state index in [1.807, 2.05) is 19.1 Å². The molecule has 0 aliphatic rings. The molecule has 5 rings (SSSR count). The number of fused-ring (bicyclic) bond motifs is 2. The average Bonchev–Trinajstić information content (AvgIpc) is 3.29. The molecule has 33 heavy (non-hydrogen) atoms. The van der Waals surface area contributed by atoms with Crippen LogP contribution in [0.2, 0.25) is 0 Å². The van der Waals surface area contributed by atoms with E-state index < -0.39 is 17.3 Å². The van der Waals surface area contributed by atoms with Crippen molar-refractivity contribution in [2.24, 2.45) is 0 Å². The summed E-state index contributed by atoms with van der Waals surface area (Å²) in [5, 5.41) is 0.313. The minimum absolute atomic E-state index is 0.0807. The van der Waals surface area contributed by atoms with Gasteiger partial charge in [-0.05, 0) is 55.0 Å². The predicted octanol–water partition coefficient (Wildman–Crippen LogP) is 5.89. The van der Waals surface area contributed by atoms with E-state index in [0.717, 1.165) is 40.5 Å². The van der Waals surface area contributed by atoms with Crippen molar-refractivity contribution in [3.63, 3.8) is 0 Å². The first-order chi connectivity index (χ1) is 15.8. The van der Waals surface area contributed by atoms with Gasteiger partial charge in [0.15, 0.2) is 0 Å². The van der Waals surface area contributed by atoms with Crippen LogP contribution < -0.4 is 5.56 Å². The zero-order chi connectivity index (χ0) is 23.2. The van der Waals surface area contributed by atoms with Gasteiger partial charge in [-0.2, -0.15) is 21.9 Å². The van der Waals surface area contributed by atoms with Crippen LogP contribution in [-0.4, -0.2) is 18.3 Å². The lowest BCUT2D eigenvalue weighted by molar-refractivity contribution is -0.137. The van der Waals surface area contributed by atoms with E-state index in [1.54, 1.807) is 36.4 Å². The Morgan fingerprint density at radius 3 is 2.55 bits per heavy atom. The zero-order valence-corrected chi connectivity index (χ0v) is 18.0. The Morgan fingerprint density at radius 1 is 0.939 bits per heavy atom. The van der Waals surface area contributed by atoms with E-state index in [9.17, 15) is 18.0 Å². The van der Waals surface area contributed by atoms with Crippen LogP contribution in [0, 0.1) is 6.92 Å². The minimum Gasteiger partial charge on any atom is -0.268 e. The molecule has 0 saturated heterocycles. The van der Waals surface area contributed by atoms with Crippen molar-refractivity contribution >= 4 is 45.8 Å². The molecule has 0 bridgehead atoms. The fourth-order valence-electron chi connectivity index (χ4n) is 3.64. The number of rotatable bonds is 3. The van der Waals surface area contributed by atoms with E-state index in [-0.39, 0.29) is 11.5 Å². The molecular formula is C24H15F3N4OS. The summed E-state index contributed by atoms with van der Waals surface area (Å²) in [6.45, 7) is 1.94. The number of aromatic nitrogens is 4. The lowest BCUT2D eigenvalue weighted by Crippen LogP contribution is -2.22. The Bertz CT molecular complexity index is 1600. The van der Waals surface area contributed by atoms with E-state index >= 15 is 0 Å². The highest BCUT2D eigenvalue weighted by Gasteiger charge is 2.30. The Morgan fingerprint density at radius 2 is 1.73 bits per heavy atom. The number of benzene rings is 3. The maximum atomic E-state index is 13.3. The molecule has 0 amide bonds. The average molecular weight is 464 g/mol. The molecule has 0 N–H and O–H groups in total. The second-order valence-corrected chi connectivity index (χ2v) is 7.97. The molecule has 0 spiro atoms. The van der Waals surface area contributed by atoms with Crippen molar-refractivity contribution in [2.75, 3.05) is 0 Å². The zero-order valence-electron chi connectivity index (χ0n) is 17.2. The molecule has 0 radical (unpaired) electrons. The van der Waals surface area contributed by atoms with Gasteiger partial charge in [-0.1, -0.05) is 30.3 Å². The Labute approximate surface area is 189 Å². The highest BCUT2D eigenvalue weighted by Crippen LogP contribution is 2.30. The molecule has 164 valence electrons. The first-order valence-corrected chi connectivity index (χ1v) is 10.7. The molecular weight excluding hydrogens is 449 g/mol. The van der Waals surface area contributed by atoms with Crippen LogP contribution in [0.5, 0.6) is 0 Å². The van der Waals surface area contributed by atoms with E-state index in [4.69, 9.17) is 0 Å². The summed E-state index contributed by atoms with van der Waals surface area (Å²) in [7, 11) is 0.